The fraction of sp³-hybridized carbons (Fsp3) is 0.864. The van der Waals surface area contributed by atoms with Crippen molar-refractivity contribution in [3.63, 3.8) is 0 Å². The Labute approximate surface area is 168 Å². The first-order valence-electron chi connectivity index (χ1n) is 11.4. The van der Waals surface area contributed by atoms with Crippen LogP contribution in [0.15, 0.2) is 6.07 Å². The highest BCUT2D eigenvalue weighted by Crippen LogP contribution is 2.53. The first kappa shape index (κ1) is 18.9. The van der Waals surface area contributed by atoms with Crippen LogP contribution in [0, 0.1) is 12.3 Å². The number of nitrogens with one attached hydrogen (secondary N) is 1. The van der Waals surface area contributed by atoms with Crippen molar-refractivity contribution in [3.05, 3.63) is 11.8 Å². The highest BCUT2D eigenvalue weighted by molar-refractivity contribution is 5.46. The molecule has 6 nitrogen and oxygen atoms in total. The third-order valence-corrected chi connectivity index (χ3v) is 7.86. The van der Waals surface area contributed by atoms with Gasteiger partial charge in [-0.1, -0.05) is 0 Å². The fourth-order valence-corrected chi connectivity index (χ4v) is 6.26. The van der Waals surface area contributed by atoms with Crippen LogP contribution in [-0.2, 0) is 9.47 Å². The van der Waals surface area contributed by atoms with Crippen molar-refractivity contribution in [1.82, 2.24) is 15.1 Å². The minimum Gasteiger partial charge on any atom is -0.350 e. The average Bonchev–Trinajstić information content (AvgIpc) is 2.93. The normalized spacial score (nSPS) is 27.5. The lowest BCUT2D eigenvalue weighted by atomic mass is 9.62. The molecule has 6 heteroatoms. The van der Waals surface area contributed by atoms with Gasteiger partial charge in [0, 0.05) is 63.0 Å². The van der Waals surface area contributed by atoms with E-state index in [-0.39, 0.29) is 5.54 Å². The Hall–Kier alpha value is -1.11. The number of piperidine rings is 1. The summed E-state index contributed by atoms with van der Waals surface area (Å²) in [6, 6.07) is 2.90. The second kappa shape index (κ2) is 6.71. The predicted octanol–water partition coefficient (Wildman–Crippen LogP) is 3.41. The molecule has 28 heavy (non-hydrogen) atoms. The van der Waals surface area contributed by atoms with Gasteiger partial charge in [-0.05, 0) is 58.3 Å². The van der Waals surface area contributed by atoms with Gasteiger partial charge in [-0.25, -0.2) is 0 Å². The van der Waals surface area contributed by atoms with Gasteiger partial charge < -0.3 is 19.7 Å². The lowest BCUT2D eigenvalue weighted by Crippen LogP contribution is -2.64. The first-order valence-corrected chi connectivity index (χ1v) is 11.4. The molecule has 0 unspecified atom stereocenters. The van der Waals surface area contributed by atoms with E-state index in [0.29, 0.717) is 24.7 Å². The molecule has 1 N–H and O–H groups in total. The van der Waals surface area contributed by atoms with E-state index in [0.717, 1.165) is 19.4 Å². The Morgan fingerprint density at radius 3 is 2.39 bits per heavy atom. The molecule has 4 fully saturated rings. The van der Waals surface area contributed by atoms with Crippen molar-refractivity contribution in [2.45, 2.75) is 83.1 Å². The number of aromatic nitrogens is 2. The summed E-state index contributed by atoms with van der Waals surface area (Å²) >= 11 is 0. The summed E-state index contributed by atoms with van der Waals surface area (Å²) in [4.78, 5) is 2.59. The summed E-state index contributed by atoms with van der Waals surface area (Å²) in [7, 11) is 0. The predicted molar refractivity (Wildman–Crippen MR) is 110 cm³/mol. The molecule has 4 aliphatic rings. The highest BCUT2D eigenvalue weighted by atomic mass is 16.7. The van der Waals surface area contributed by atoms with Gasteiger partial charge in [-0.3, -0.25) is 4.68 Å². The van der Waals surface area contributed by atoms with E-state index in [4.69, 9.17) is 14.6 Å². The summed E-state index contributed by atoms with van der Waals surface area (Å²) in [5.74, 6) is 0.766. The van der Waals surface area contributed by atoms with Crippen LogP contribution in [0.3, 0.4) is 0 Å². The molecule has 0 atom stereocenters. The van der Waals surface area contributed by atoms with Crippen molar-refractivity contribution in [1.29, 1.82) is 0 Å². The lowest BCUT2D eigenvalue weighted by Gasteiger charge is -2.58. The Morgan fingerprint density at radius 2 is 1.86 bits per heavy atom. The van der Waals surface area contributed by atoms with Gasteiger partial charge in [0.2, 0.25) is 0 Å². The smallest absolute Gasteiger partial charge is 0.172 e. The van der Waals surface area contributed by atoms with Gasteiger partial charge in [0.15, 0.2) is 11.6 Å². The molecule has 2 aliphatic carbocycles. The third-order valence-electron chi connectivity index (χ3n) is 7.86. The van der Waals surface area contributed by atoms with Crippen LogP contribution in [0.5, 0.6) is 0 Å². The maximum Gasteiger partial charge on any atom is 0.172 e. The molecule has 0 radical (unpaired) electrons. The molecule has 2 saturated heterocycles. The zero-order valence-electron chi connectivity index (χ0n) is 17.8. The molecular formula is C22H36N4O2. The second-order valence-corrected chi connectivity index (χ2v) is 9.69. The molecule has 2 saturated carbocycles. The summed E-state index contributed by atoms with van der Waals surface area (Å²) in [5.41, 5.74) is 2.05. The number of rotatable bonds is 6. The largest absolute Gasteiger partial charge is 0.350 e. The molecule has 2 spiro atoms. The zero-order chi connectivity index (χ0) is 19.4. The zero-order valence-corrected chi connectivity index (χ0v) is 17.8. The Balaban J connectivity index is 1.36. The van der Waals surface area contributed by atoms with Crippen LogP contribution in [0.4, 0.5) is 5.82 Å². The molecule has 0 amide bonds. The number of hydrogen-bond acceptors (Lipinski definition) is 5. The number of hydrogen-bond donors (Lipinski definition) is 1. The first-order chi connectivity index (χ1) is 13.5. The van der Waals surface area contributed by atoms with Gasteiger partial charge in [0.25, 0.3) is 0 Å². The fourth-order valence-electron chi connectivity index (χ4n) is 6.26. The number of anilines is 1. The third kappa shape index (κ3) is 2.83. The summed E-state index contributed by atoms with van der Waals surface area (Å²) in [5, 5.41) is 8.58. The molecule has 3 heterocycles. The number of ether oxygens (including phenoxy) is 2. The van der Waals surface area contributed by atoms with E-state index in [1.54, 1.807) is 0 Å². The Kier molecular flexibility index (Phi) is 4.53. The highest BCUT2D eigenvalue weighted by Gasteiger charge is 2.54. The van der Waals surface area contributed by atoms with Gasteiger partial charge >= 0.3 is 0 Å². The molecule has 156 valence electrons. The van der Waals surface area contributed by atoms with Crippen molar-refractivity contribution < 1.29 is 9.47 Å². The monoisotopic (exact) mass is 388 g/mol. The summed E-state index contributed by atoms with van der Waals surface area (Å²) in [6.07, 6.45) is 8.18. The van der Waals surface area contributed by atoms with E-state index < -0.39 is 5.79 Å². The van der Waals surface area contributed by atoms with Crippen LogP contribution in [0.2, 0.25) is 0 Å². The van der Waals surface area contributed by atoms with Crippen LogP contribution < -0.4 is 10.2 Å². The Morgan fingerprint density at radius 1 is 1.14 bits per heavy atom. The van der Waals surface area contributed by atoms with Gasteiger partial charge in [-0.2, -0.15) is 5.10 Å². The van der Waals surface area contributed by atoms with E-state index in [1.165, 1.54) is 56.7 Å². The number of nitrogens with zero attached hydrogens (tertiary/aromatic N) is 3. The number of aryl methyl sites for hydroxylation is 1. The standard InChI is InChI=1S/C22H36N4O2/c1-4-27-22(28-5-2)9-10-25(21(14-22)7-6-8-21)19-11-17(3)26(24-19)18-12-20(13-18)15-23-16-20/h11,18,23H,4-10,12-16H2,1-3H3. The molecular weight excluding hydrogens is 352 g/mol. The lowest BCUT2D eigenvalue weighted by molar-refractivity contribution is -0.258. The maximum atomic E-state index is 6.18. The van der Waals surface area contributed by atoms with E-state index in [9.17, 15) is 0 Å². The topological polar surface area (TPSA) is 51.6 Å². The minimum absolute atomic E-state index is 0.160. The van der Waals surface area contributed by atoms with Crippen molar-refractivity contribution in [2.24, 2.45) is 5.41 Å². The van der Waals surface area contributed by atoms with Crippen LogP contribution in [0.1, 0.15) is 70.5 Å². The Bertz CT molecular complexity index is 708. The van der Waals surface area contributed by atoms with Crippen molar-refractivity contribution in [3.8, 4) is 0 Å². The summed E-state index contributed by atoms with van der Waals surface area (Å²) in [6.45, 7) is 11.2. The van der Waals surface area contributed by atoms with Gasteiger partial charge in [0.05, 0.1) is 6.04 Å². The molecule has 1 aromatic heterocycles. The van der Waals surface area contributed by atoms with Gasteiger partial charge in [0.1, 0.15) is 0 Å². The molecule has 5 rings (SSSR count). The van der Waals surface area contributed by atoms with Crippen LogP contribution in [0.25, 0.3) is 0 Å². The molecule has 0 aromatic carbocycles. The average molecular weight is 389 g/mol. The van der Waals surface area contributed by atoms with Gasteiger partial charge in [-0.15, -0.1) is 0 Å². The van der Waals surface area contributed by atoms with E-state index in [2.05, 4.69) is 41.7 Å². The molecule has 2 aliphatic heterocycles. The SMILES string of the molecule is CCOC1(OCC)CCN(c2cc(C)n(C3CC4(CNC4)C3)n2)C2(CCC2)C1. The van der Waals surface area contributed by atoms with Crippen LogP contribution in [-0.4, -0.2) is 54.0 Å². The summed E-state index contributed by atoms with van der Waals surface area (Å²) < 4.78 is 14.7. The molecule has 1 aromatic rings. The van der Waals surface area contributed by atoms with E-state index in [1.807, 2.05) is 0 Å². The quantitative estimate of drug-likeness (QED) is 0.757. The van der Waals surface area contributed by atoms with Crippen LogP contribution >= 0.6 is 0 Å². The van der Waals surface area contributed by atoms with Crippen molar-refractivity contribution >= 4 is 5.82 Å². The minimum atomic E-state index is -0.407. The second-order valence-electron chi connectivity index (χ2n) is 9.69. The maximum absolute atomic E-state index is 6.18. The van der Waals surface area contributed by atoms with E-state index >= 15 is 0 Å². The van der Waals surface area contributed by atoms with Crippen molar-refractivity contribution in [2.75, 3.05) is 37.7 Å². The molecule has 0 bridgehead atoms.